The van der Waals surface area contributed by atoms with Gasteiger partial charge in [0.05, 0.1) is 20.3 Å². The fourth-order valence-electron chi connectivity index (χ4n) is 2.48. The van der Waals surface area contributed by atoms with Crippen LogP contribution in [0.25, 0.3) is 0 Å². The number of hydrogen-bond acceptors (Lipinski definition) is 5. The lowest BCUT2D eigenvalue weighted by molar-refractivity contribution is 0.0504. The van der Waals surface area contributed by atoms with Crippen LogP contribution in [0.5, 0.6) is 11.5 Å². The van der Waals surface area contributed by atoms with E-state index in [0.717, 1.165) is 11.1 Å². The third kappa shape index (κ3) is 6.31. The molecule has 0 aromatic heterocycles. The van der Waals surface area contributed by atoms with Crippen molar-refractivity contribution in [3.63, 3.8) is 0 Å². The summed E-state index contributed by atoms with van der Waals surface area (Å²) >= 11 is 0. The molecule has 1 aromatic carbocycles. The second-order valence-electron chi connectivity index (χ2n) is 6.60. The number of carbonyl (C=O) groups excluding carboxylic acids is 1. The van der Waals surface area contributed by atoms with E-state index in [4.69, 9.17) is 14.2 Å². The molecule has 0 bridgehead atoms. The lowest BCUT2D eigenvalue weighted by Crippen LogP contribution is -2.35. The van der Waals surface area contributed by atoms with E-state index in [1.165, 1.54) is 0 Å². The molecule has 1 aromatic rings. The van der Waals surface area contributed by atoms with Crippen molar-refractivity contribution in [3.05, 3.63) is 35.9 Å². The SMILES string of the molecule is C=CC[C@H](NC(=O)OC(C)(C)C)c1cc(OC)c(OC)cc1CCO. The van der Waals surface area contributed by atoms with E-state index in [1.54, 1.807) is 20.3 Å². The van der Waals surface area contributed by atoms with Gasteiger partial charge in [-0.15, -0.1) is 6.58 Å². The first kappa shape index (κ1) is 20.8. The van der Waals surface area contributed by atoms with E-state index in [2.05, 4.69) is 11.9 Å². The van der Waals surface area contributed by atoms with E-state index in [9.17, 15) is 9.90 Å². The topological polar surface area (TPSA) is 77.0 Å². The Morgan fingerprint density at radius 1 is 1.28 bits per heavy atom. The molecule has 0 spiro atoms. The maximum absolute atomic E-state index is 12.2. The van der Waals surface area contributed by atoms with Crippen molar-refractivity contribution in [1.29, 1.82) is 0 Å². The summed E-state index contributed by atoms with van der Waals surface area (Å²) in [4.78, 5) is 12.2. The predicted octanol–water partition coefficient (Wildman–Crippen LogP) is 3.38. The Bertz CT molecular complexity index is 592. The molecule has 0 radical (unpaired) electrons. The van der Waals surface area contributed by atoms with Crippen LogP contribution in [0.4, 0.5) is 4.79 Å². The Morgan fingerprint density at radius 3 is 2.36 bits per heavy atom. The highest BCUT2D eigenvalue weighted by atomic mass is 16.6. The molecule has 0 aliphatic carbocycles. The summed E-state index contributed by atoms with van der Waals surface area (Å²) in [6.45, 7) is 9.17. The van der Waals surface area contributed by atoms with E-state index in [-0.39, 0.29) is 12.6 Å². The molecular weight excluding hydrogens is 322 g/mol. The summed E-state index contributed by atoms with van der Waals surface area (Å²) in [5, 5.41) is 12.2. The number of benzene rings is 1. The van der Waals surface area contributed by atoms with Gasteiger partial charge in [-0.3, -0.25) is 0 Å². The second kappa shape index (κ2) is 9.32. The van der Waals surface area contributed by atoms with Crippen LogP contribution in [0, 0.1) is 0 Å². The minimum absolute atomic E-state index is 0.0181. The monoisotopic (exact) mass is 351 g/mol. The largest absolute Gasteiger partial charge is 0.493 e. The molecule has 25 heavy (non-hydrogen) atoms. The Hall–Kier alpha value is -2.21. The van der Waals surface area contributed by atoms with E-state index in [0.29, 0.717) is 24.3 Å². The second-order valence-corrected chi connectivity index (χ2v) is 6.60. The summed E-state index contributed by atoms with van der Waals surface area (Å²) in [7, 11) is 3.11. The molecular formula is C19H29NO5. The number of alkyl carbamates (subject to hydrolysis) is 1. The summed E-state index contributed by atoms with van der Waals surface area (Å²) in [6.07, 6.45) is 2.15. The Labute approximate surface area is 149 Å². The van der Waals surface area contributed by atoms with Gasteiger partial charge in [0.2, 0.25) is 0 Å². The molecule has 2 N–H and O–H groups in total. The van der Waals surface area contributed by atoms with E-state index < -0.39 is 11.7 Å². The van der Waals surface area contributed by atoms with Gasteiger partial charge in [-0.05, 0) is 56.9 Å². The average molecular weight is 351 g/mol. The number of methoxy groups -OCH3 is 2. The minimum Gasteiger partial charge on any atom is -0.493 e. The summed E-state index contributed by atoms with van der Waals surface area (Å²) in [5.74, 6) is 1.13. The normalized spacial score (nSPS) is 12.2. The van der Waals surface area contributed by atoms with Gasteiger partial charge in [-0.2, -0.15) is 0 Å². The first-order valence-electron chi connectivity index (χ1n) is 8.21. The van der Waals surface area contributed by atoms with Crippen molar-refractivity contribution in [3.8, 4) is 11.5 Å². The Morgan fingerprint density at radius 2 is 1.88 bits per heavy atom. The van der Waals surface area contributed by atoms with Crippen LogP contribution in [-0.4, -0.2) is 37.6 Å². The average Bonchev–Trinajstić information content (AvgIpc) is 2.52. The summed E-state index contributed by atoms with van der Waals surface area (Å²) < 4.78 is 16.0. The molecule has 1 amide bonds. The number of amides is 1. The molecule has 0 saturated heterocycles. The highest BCUT2D eigenvalue weighted by Crippen LogP contribution is 2.34. The summed E-state index contributed by atoms with van der Waals surface area (Å²) in [6, 6.07) is 3.28. The number of nitrogens with one attached hydrogen (secondary N) is 1. The van der Waals surface area contributed by atoms with Crippen LogP contribution >= 0.6 is 0 Å². The molecule has 0 fully saturated rings. The molecule has 140 valence electrons. The number of hydrogen-bond donors (Lipinski definition) is 2. The van der Waals surface area contributed by atoms with Gasteiger partial charge in [-0.25, -0.2) is 4.79 Å². The van der Waals surface area contributed by atoms with Gasteiger partial charge >= 0.3 is 6.09 Å². The molecule has 0 unspecified atom stereocenters. The van der Waals surface area contributed by atoms with Gasteiger partial charge in [0, 0.05) is 6.61 Å². The van der Waals surface area contributed by atoms with Gasteiger partial charge in [-0.1, -0.05) is 6.08 Å². The van der Waals surface area contributed by atoms with Crippen molar-refractivity contribution in [2.45, 2.75) is 45.3 Å². The zero-order chi connectivity index (χ0) is 19.0. The van der Waals surface area contributed by atoms with Crippen molar-refractivity contribution >= 4 is 6.09 Å². The van der Waals surface area contributed by atoms with Crippen molar-refractivity contribution in [2.75, 3.05) is 20.8 Å². The van der Waals surface area contributed by atoms with Crippen molar-refractivity contribution in [1.82, 2.24) is 5.32 Å². The zero-order valence-corrected chi connectivity index (χ0v) is 15.7. The lowest BCUT2D eigenvalue weighted by Gasteiger charge is -2.25. The fourth-order valence-corrected chi connectivity index (χ4v) is 2.48. The molecule has 1 atom stereocenters. The smallest absolute Gasteiger partial charge is 0.408 e. The molecule has 1 rings (SSSR count). The molecule has 0 aliphatic heterocycles. The third-order valence-electron chi connectivity index (χ3n) is 3.50. The van der Waals surface area contributed by atoms with Crippen LogP contribution in [0.3, 0.4) is 0 Å². The number of rotatable bonds is 8. The third-order valence-corrected chi connectivity index (χ3v) is 3.50. The first-order valence-corrected chi connectivity index (χ1v) is 8.21. The number of carbonyl (C=O) groups is 1. The van der Waals surface area contributed by atoms with Gasteiger partial charge in [0.1, 0.15) is 5.60 Å². The minimum atomic E-state index is -0.589. The van der Waals surface area contributed by atoms with Gasteiger partial charge in [0.15, 0.2) is 11.5 Å². The van der Waals surface area contributed by atoms with Crippen molar-refractivity contribution < 1.29 is 24.1 Å². The number of aliphatic hydroxyl groups excluding tert-OH is 1. The molecule has 6 heteroatoms. The van der Waals surface area contributed by atoms with Gasteiger partial charge in [0.25, 0.3) is 0 Å². The maximum Gasteiger partial charge on any atom is 0.408 e. The van der Waals surface area contributed by atoms with Crippen LogP contribution < -0.4 is 14.8 Å². The Kier molecular flexibility index (Phi) is 7.77. The van der Waals surface area contributed by atoms with Crippen LogP contribution in [0.15, 0.2) is 24.8 Å². The van der Waals surface area contributed by atoms with Crippen LogP contribution in [0.1, 0.15) is 44.4 Å². The molecule has 6 nitrogen and oxygen atoms in total. The fraction of sp³-hybridized carbons (Fsp3) is 0.526. The van der Waals surface area contributed by atoms with E-state index in [1.807, 2.05) is 32.9 Å². The standard InChI is InChI=1S/C19H29NO5/c1-7-8-15(20-18(22)25-19(2,3)4)14-12-17(24-6)16(23-5)11-13(14)9-10-21/h7,11-12,15,21H,1,8-10H2,2-6H3,(H,20,22)/t15-/m0/s1. The molecule has 0 aliphatic rings. The first-order chi connectivity index (χ1) is 11.8. The number of ether oxygens (including phenoxy) is 3. The van der Waals surface area contributed by atoms with Gasteiger partial charge < -0.3 is 24.6 Å². The quantitative estimate of drug-likeness (QED) is 0.702. The number of aliphatic hydroxyl groups is 1. The maximum atomic E-state index is 12.2. The molecule has 0 saturated carbocycles. The predicted molar refractivity (Wildman–Crippen MR) is 97.3 cm³/mol. The Balaban J connectivity index is 3.23. The van der Waals surface area contributed by atoms with Crippen LogP contribution in [0.2, 0.25) is 0 Å². The van der Waals surface area contributed by atoms with E-state index >= 15 is 0 Å². The highest BCUT2D eigenvalue weighted by molar-refractivity contribution is 5.68. The summed E-state index contributed by atoms with van der Waals surface area (Å²) in [5.41, 5.74) is 1.11. The van der Waals surface area contributed by atoms with Crippen molar-refractivity contribution in [2.24, 2.45) is 0 Å². The lowest BCUT2D eigenvalue weighted by atomic mass is 9.95. The zero-order valence-electron chi connectivity index (χ0n) is 15.7. The highest BCUT2D eigenvalue weighted by Gasteiger charge is 2.23. The molecule has 0 heterocycles. The van der Waals surface area contributed by atoms with Crippen LogP contribution in [-0.2, 0) is 11.2 Å².